The number of carbonyl (C=O) groups is 2. The van der Waals surface area contributed by atoms with Crippen molar-refractivity contribution in [2.45, 2.75) is 38.8 Å². The summed E-state index contributed by atoms with van der Waals surface area (Å²) in [4.78, 5) is 28.2. The van der Waals surface area contributed by atoms with E-state index in [-0.39, 0.29) is 11.8 Å². The first-order valence-electron chi connectivity index (χ1n) is 10.0. The molecule has 0 spiro atoms. The first-order valence-corrected chi connectivity index (χ1v) is 10.9. The van der Waals surface area contributed by atoms with Crippen LogP contribution in [0.2, 0.25) is 0 Å². The number of rotatable bonds is 10. The summed E-state index contributed by atoms with van der Waals surface area (Å²) in [5, 5.41) is 4.93. The summed E-state index contributed by atoms with van der Waals surface area (Å²) in [6.45, 7) is 4.84. The van der Waals surface area contributed by atoms with E-state index in [0.717, 1.165) is 22.5 Å². The first kappa shape index (κ1) is 21.5. The first-order chi connectivity index (χ1) is 14.2. The van der Waals surface area contributed by atoms with Gasteiger partial charge in [0.05, 0.1) is 26.2 Å². The van der Waals surface area contributed by atoms with Crippen molar-refractivity contribution in [1.29, 1.82) is 0 Å². The van der Waals surface area contributed by atoms with E-state index in [1.807, 2.05) is 48.7 Å². The van der Waals surface area contributed by atoms with E-state index in [4.69, 9.17) is 9.47 Å². The minimum absolute atomic E-state index is 0.0153. The third-order valence-corrected chi connectivity index (χ3v) is 5.70. The molecular weight excluding hydrogens is 388 g/mol. The second-order valence-electron chi connectivity index (χ2n) is 6.94. The van der Waals surface area contributed by atoms with E-state index >= 15 is 0 Å². The Bertz CT molecular complexity index is 794. The molecule has 0 bridgehead atoms. The number of amides is 2. The van der Waals surface area contributed by atoms with Crippen molar-refractivity contribution in [2.24, 2.45) is 0 Å². The molecule has 0 saturated carbocycles. The lowest BCUT2D eigenvalue weighted by molar-refractivity contribution is -0.136. The molecule has 29 heavy (non-hydrogen) atoms. The van der Waals surface area contributed by atoms with Crippen LogP contribution in [0.4, 0.5) is 5.69 Å². The minimum atomic E-state index is -0.409. The van der Waals surface area contributed by atoms with Crippen LogP contribution in [0.3, 0.4) is 0 Å². The molecule has 1 aromatic carbocycles. The fraction of sp³-hybridized carbons (Fsp3) is 0.455. The molecule has 1 fully saturated rings. The fourth-order valence-electron chi connectivity index (χ4n) is 3.42. The zero-order valence-corrected chi connectivity index (χ0v) is 17.6. The van der Waals surface area contributed by atoms with E-state index in [0.29, 0.717) is 45.8 Å². The van der Waals surface area contributed by atoms with E-state index in [1.165, 1.54) is 0 Å². The van der Waals surface area contributed by atoms with Crippen molar-refractivity contribution in [1.82, 2.24) is 4.90 Å². The molecule has 1 aromatic heterocycles. The Balaban J connectivity index is 1.53. The van der Waals surface area contributed by atoms with Crippen LogP contribution >= 0.6 is 11.3 Å². The molecule has 6 nitrogen and oxygen atoms in total. The maximum absolute atomic E-state index is 12.8. The zero-order valence-electron chi connectivity index (χ0n) is 16.8. The second-order valence-corrected chi connectivity index (χ2v) is 7.97. The van der Waals surface area contributed by atoms with Crippen molar-refractivity contribution in [3.05, 3.63) is 52.2 Å². The van der Waals surface area contributed by atoms with Gasteiger partial charge in [0.25, 0.3) is 0 Å². The average Bonchev–Trinajstić information content (AvgIpc) is 3.40. The number of carbonyl (C=O) groups excluding carboxylic acids is 2. The highest BCUT2D eigenvalue weighted by Gasteiger charge is 2.34. The van der Waals surface area contributed by atoms with Crippen LogP contribution < -0.4 is 5.32 Å². The molecule has 0 aliphatic carbocycles. The second kappa shape index (κ2) is 11.1. The highest BCUT2D eigenvalue weighted by molar-refractivity contribution is 7.10. The zero-order chi connectivity index (χ0) is 20.5. The minimum Gasteiger partial charge on any atom is -0.379 e. The molecule has 1 aliphatic heterocycles. The van der Waals surface area contributed by atoms with Crippen LogP contribution in [0.25, 0.3) is 0 Å². The lowest BCUT2D eigenvalue weighted by atomic mass is 10.1. The molecule has 0 radical (unpaired) electrons. The van der Waals surface area contributed by atoms with E-state index in [1.54, 1.807) is 16.2 Å². The van der Waals surface area contributed by atoms with Gasteiger partial charge in [-0.1, -0.05) is 18.2 Å². The van der Waals surface area contributed by atoms with Crippen LogP contribution in [-0.4, -0.2) is 49.1 Å². The third-order valence-electron chi connectivity index (χ3n) is 4.82. The number of anilines is 1. The Kier molecular flexibility index (Phi) is 8.22. The quantitative estimate of drug-likeness (QED) is 0.602. The van der Waals surface area contributed by atoms with Crippen LogP contribution in [-0.2, 0) is 32.1 Å². The van der Waals surface area contributed by atoms with Gasteiger partial charge in [0.2, 0.25) is 11.8 Å². The fourth-order valence-corrected chi connectivity index (χ4v) is 4.11. The van der Waals surface area contributed by atoms with Gasteiger partial charge in [0.1, 0.15) is 6.04 Å². The lowest BCUT2D eigenvalue weighted by Crippen LogP contribution is -2.43. The van der Waals surface area contributed by atoms with E-state index < -0.39 is 6.04 Å². The summed E-state index contributed by atoms with van der Waals surface area (Å²) < 4.78 is 10.8. The summed E-state index contributed by atoms with van der Waals surface area (Å²) >= 11 is 1.57. The summed E-state index contributed by atoms with van der Waals surface area (Å²) in [7, 11) is 0. The third kappa shape index (κ3) is 6.39. The van der Waals surface area contributed by atoms with Crippen LogP contribution in [0.1, 0.15) is 30.2 Å². The maximum Gasteiger partial charge on any atom is 0.247 e. The largest absolute Gasteiger partial charge is 0.379 e. The molecule has 1 unspecified atom stereocenters. The smallest absolute Gasteiger partial charge is 0.247 e. The molecule has 2 aromatic rings. The molecule has 7 heteroatoms. The molecule has 1 aliphatic rings. The standard InChI is InChI=1S/C22H28N2O4S/c1-2-27-11-12-28-16-17-6-3-7-18(14-17)23-22(26)20-9-4-10-24(20)21(25)15-19-8-5-13-29-19/h3,5-8,13-14,20H,2,4,9-12,15-16H2,1H3,(H,23,26). The molecular formula is C22H28N2O4S. The number of benzene rings is 1. The predicted molar refractivity (Wildman–Crippen MR) is 114 cm³/mol. The molecule has 2 amide bonds. The Hall–Kier alpha value is -2.22. The summed E-state index contributed by atoms with van der Waals surface area (Å²) in [6, 6.07) is 11.1. The van der Waals surface area contributed by atoms with Gasteiger partial charge in [-0.3, -0.25) is 9.59 Å². The molecule has 1 saturated heterocycles. The van der Waals surface area contributed by atoms with Gasteiger partial charge in [0.15, 0.2) is 0 Å². The SMILES string of the molecule is CCOCCOCc1cccc(NC(=O)C2CCCN2C(=O)Cc2cccs2)c1. The summed E-state index contributed by atoms with van der Waals surface area (Å²) in [5.74, 6) is -0.113. The van der Waals surface area contributed by atoms with Crippen molar-refractivity contribution >= 4 is 28.8 Å². The van der Waals surface area contributed by atoms with Crippen molar-refractivity contribution in [3.8, 4) is 0 Å². The van der Waals surface area contributed by atoms with Gasteiger partial charge in [-0.2, -0.15) is 0 Å². The predicted octanol–water partition coefficient (Wildman–Crippen LogP) is 3.47. The Labute approximate surface area is 175 Å². The molecule has 1 N–H and O–H groups in total. The Morgan fingerprint density at radius 1 is 1.21 bits per heavy atom. The van der Waals surface area contributed by atoms with E-state index in [2.05, 4.69) is 5.32 Å². The van der Waals surface area contributed by atoms with Crippen molar-refractivity contribution in [3.63, 3.8) is 0 Å². The number of nitrogens with one attached hydrogen (secondary N) is 1. The Morgan fingerprint density at radius 2 is 2.07 bits per heavy atom. The van der Waals surface area contributed by atoms with Gasteiger partial charge in [-0.25, -0.2) is 0 Å². The van der Waals surface area contributed by atoms with Gasteiger partial charge in [-0.05, 0) is 48.9 Å². The molecule has 1 atom stereocenters. The van der Waals surface area contributed by atoms with Gasteiger partial charge in [-0.15, -0.1) is 11.3 Å². The van der Waals surface area contributed by atoms with Crippen LogP contribution in [0.15, 0.2) is 41.8 Å². The lowest BCUT2D eigenvalue weighted by Gasteiger charge is -2.24. The topological polar surface area (TPSA) is 67.9 Å². The average molecular weight is 417 g/mol. The molecule has 2 heterocycles. The van der Waals surface area contributed by atoms with Gasteiger partial charge >= 0.3 is 0 Å². The summed E-state index contributed by atoms with van der Waals surface area (Å²) in [6.07, 6.45) is 1.90. The number of hydrogen-bond acceptors (Lipinski definition) is 5. The monoisotopic (exact) mass is 416 g/mol. The van der Waals surface area contributed by atoms with Crippen molar-refractivity contribution < 1.29 is 19.1 Å². The van der Waals surface area contributed by atoms with Gasteiger partial charge in [0, 0.05) is 23.7 Å². The highest BCUT2D eigenvalue weighted by Crippen LogP contribution is 2.22. The molecule has 3 rings (SSSR count). The van der Waals surface area contributed by atoms with E-state index in [9.17, 15) is 9.59 Å². The van der Waals surface area contributed by atoms with Gasteiger partial charge < -0.3 is 19.7 Å². The number of likely N-dealkylation sites (tertiary alicyclic amines) is 1. The van der Waals surface area contributed by atoms with Crippen LogP contribution in [0.5, 0.6) is 0 Å². The summed E-state index contributed by atoms with van der Waals surface area (Å²) in [5.41, 5.74) is 1.70. The number of nitrogens with zero attached hydrogens (tertiary/aromatic N) is 1. The number of ether oxygens (including phenoxy) is 2. The Morgan fingerprint density at radius 3 is 2.86 bits per heavy atom. The normalized spacial score (nSPS) is 16.2. The highest BCUT2D eigenvalue weighted by atomic mass is 32.1. The molecule has 156 valence electrons. The van der Waals surface area contributed by atoms with Crippen molar-refractivity contribution in [2.75, 3.05) is 31.7 Å². The maximum atomic E-state index is 12.8. The number of thiophene rings is 1. The number of hydrogen-bond donors (Lipinski definition) is 1. The van der Waals surface area contributed by atoms with Crippen LogP contribution in [0, 0.1) is 0 Å².